The first kappa shape index (κ1) is 14.0. The molecule has 1 amide bonds. The molecule has 0 aliphatic carbocycles. The molecule has 102 valence electrons. The molecule has 2 aromatic rings. The topological polar surface area (TPSA) is 37.4 Å². The highest BCUT2D eigenvalue weighted by Crippen LogP contribution is 2.08. The molecule has 0 N–H and O–H groups in total. The molecule has 0 bridgehead atoms. The van der Waals surface area contributed by atoms with Crippen molar-refractivity contribution in [2.24, 2.45) is 0 Å². The molecule has 0 saturated carbocycles. The van der Waals surface area contributed by atoms with E-state index in [1.807, 2.05) is 43.3 Å². The Hall–Kier alpha value is -2.42. The Morgan fingerprint density at radius 1 is 0.900 bits per heavy atom. The Morgan fingerprint density at radius 3 is 2.00 bits per heavy atom. The smallest absolute Gasteiger partial charge is 0.295 e. The van der Waals surface area contributed by atoms with Gasteiger partial charge in [0, 0.05) is 18.7 Å². The molecule has 0 aliphatic heterocycles. The van der Waals surface area contributed by atoms with E-state index in [2.05, 4.69) is 0 Å². The van der Waals surface area contributed by atoms with E-state index in [4.69, 9.17) is 0 Å². The van der Waals surface area contributed by atoms with Gasteiger partial charge in [-0.25, -0.2) is 0 Å². The van der Waals surface area contributed by atoms with Gasteiger partial charge in [0.2, 0.25) is 5.78 Å². The molecule has 0 spiro atoms. The number of hydrogen-bond acceptors (Lipinski definition) is 2. The maximum absolute atomic E-state index is 12.3. The molecule has 0 aliphatic rings. The standard InChI is InChI=1S/C17H17NO2/c1-2-18(13-14-9-5-3-6-10-14)17(20)16(19)15-11-7-4-8-12-15/h3-12H,2,13H2,1H3. The average Bonchev–Trinajstić information content (AvgIpc) is 2.53. The summed E-state index contributed by atoms with van der Waals surface area (Å²) in [6, 6.07) is 18.3. The van der Waals surface area contributed by atoms with Crippen LogP contribution in [0, 0.1) is 0 Å². The lowest BCUT2D eigenvalue weighted by Crippen LogP contribution is -2.36. The highest BCUT2D eigenvalue weighted by atomic mass is 16.2. The zero-order valence-electron chi connectivity index (χ0n) is 11.5. The van der Waals surface area contributed by atoms with Crippen molar-refractivity contribution in [2.45, 2.75) is 13.5 Å². The van der Waals surface area contributed by atoms with Gasteiger partial charge >= 0.3 is 0 Å². The van der Waals surface area contributed by atoms with Gasteiger partial charge in [0.25, 0.3) is 5.91 Å². The van der Waals surface area contributed by atoms with Crippen LogP contribution in [0.1, 0.15) is 22.8 Å². The number of Topliss-reactive ketones (excluding diaryl/α,β-unsaturated/α-hetero) is 1. The summed E-state index contributed by atoms with van der Waals surface area (Å²) >= 11 is 0. The monoisotopic (exact) mass is 267 g/mol. The van der Waals surface area contributed by atoms with E-state index in [9.17, 15) is 9.59 Å². The summed E-state index contributed by atoms with van der Waals surface area (Å²) in [5, 5.41) is 0. The predicted molar refractivity (Wildman–Crippen MR) is 78.3 cm³/mol. The zero-order valence-corrected chi connectivity index (χ0v) is 11.5. The maximum atomic E-state index is 12.3. The summed E-state index contributed by atoms with van der Waals surface area (Å²) in [7, 11) is 0. The Morgan fingerprint density at radius 2 is 1.45 bits per heavy atom. The van der Waals surface area contributed by atoms with Crippen LogP contribution < -0.4 is 0 Å². The first-order valence-electron chi connectivity index (χ1n) is 6.65. The molecular formula is C17H17NO2. The third-order valence-corrected chi connectivity index (χ3v) is 3.12. The van der Waals surface area contributed by atoms with Gasteiger partial charge in [0.05, 0.1) is 0 Å². The van der Waals surface area contributed by atoms with Crippen molar-refractivity contribution in [2.75, 3.05) is 6.54 Å². The highest BCUT2D eigenvalue weighted by molar-refractivity contribution is 6.42. The lowest BCUT2D eigenvalue weighted by Gasteiger charge is -2.20. The minimum Gasteiger partial charge on any atom is -0.332 e. The number of hydrogen-bond donors (Lipinski definition) is 0. The molecule has 0 aromatic heterocycles. The van der Waals surface area contributed by atoms with Gasteiger partial charge in [0.15, 0.2) is 0 Å². The van der Waals surface area contributed by atoms with E-state index in [0.29, 0.717) is 18.7 Å². The average molecular weight is 267 g/mol. The van der Waals surface area contributed by atoms with Gasteiger partial charge in [0.1, 0.15) is 0 Å². The van der Waals surface area contributed by atoms with Crippen LogP contribution in [0.2, 0.25) is 0 Å². The molecule has 0 saturated heterocycles. The first-order chi connectivity index (χ1) is 9.72. The maximum Gasteiger partial charge on any atom is 0.295 e. The summed E-state index contributed by atoms with van der Waals surface area (Å²) < 4.78 is 0. The molecule has 3 heteroatoms. The van der Waals surface area contributed by atoms with Crippen LogP contribution in [-0.2, 0) is 11.3 Å². The summed E-state index contributed by atoms with van der Waals surface area (Å²) in [5.74, 6) is -0.911. The fraction of sp³-hybridized carbons (Fsp3) is 0.176. The van der Waals surface area contributed by atoms with E-state index in [0.717, 1.165) is 5.56 Å². The molecular weight excluding hydrogens is 250 g/mol. The first-order valence-corrected chi connectivity index (χ1v) is 6.65. The van der Waals surface area contributed by atoms with E-state index in [1.165, 1.54) is 0 Å². The van der Waals surface area contributed by atoms with E-state index < -0.39 is 11.7 Å². The second-order valence-corrected chi connectivity index (χ2v) is 4.50. The SMILES string of the molecule is CCN(Cc1ccccc1)C(=O)C(=O)c1ccccc1. The van der Waals surface area contributed by atoms with Crippen LogP contribution in [0.3, 0.4) is 0 Å². The molecule has 2 rings (SSSR count). The molecule has 0 unspecified atom stereocenters. The minimum atomic E-state index is -0.456. The van der Waals surface area contributed by atoms with Crippen molar-refractivity contribution in [3.8, 4) is 0 Å². The largest absolute Gasteiger partial charge is 0.332 e. The molecule has 20 heavy (non-hydrogen) atoms. The van der Waals surface area contributed by atoms with Crippen LogP contribution in [0.15, 0.2) is 60.7 Å². The second-order valence-electron chi connectivity index (χ2n) is 4.50. The van der Waals surface area contributed by atoms with Gasteiger partial charge in [-0.05, 0) is 12.5 Å². The van der Waals surface area contributed by atoms with Crippen molar-refractivity contribution in [3.63, 3.8) is 0 Å². The van der Waals surface area contributed by atoms with Gasteiger partial charge in [-0.2, -0.15) is 0 Å². The van der Waals surface area contributed by atoms with Gasteiger partial charge < -0.3 is 4.90 Å². The number of carbonyl (C=O) groups is 2. The van der Waals surface area contributed by atoms with Crippen LogP contribution in [0.4, 0.5) is 0 Å². The molecule has 0 radical (unpaired) electrons. The van der Waals surface area contributed by atoms with E-state index in [1.54, 1.807) is 29.2 Å². The minimum absolute atomic E-state index is 0.434. The third kappa shape index (κ3) is 3.32. The molecule has 0 heterocycles. The summed E-state index contributed by atoms with van der Waals surface area (Å²) in [5.41, 5.74) is 1.45. The lowest BCUT2D eigenvalue weighted by atomic mass is 10.1. The van der Waals surface area contributed by atoms with E-state index in [-0.39, 0.29) is 0 Å². The fourth-order valence-electron chi connectivity index (χ4n) is 1.99. The van der Waals surface area contributed by atoms with Crippen molar-refractivity contribution in [1.82, 2.24) is 4.90 Å². The van der Waals surface area contributed by atoms with E-state index >= 15 is 0 Å². The van der Waals surface area contributed by atoms with Crippen LogP contribution in [-0.4, -0.2) is 23.1 Å². The highest BCUT2D eigenvalue weighted by Gasteiger charge is 2.21. The molecule has 0 fully saturated rings. The number of benzene rings is 2. The Kier molecular flexibility index (Phi) is 4.66. The Bertz CT molecular complexity index is 578. The number of amides is 1. The Labute approximate surface area is 118 Å². The normalized spacial score (nSPS) is 10.1. The zero-order chi connectivity index (χ0) is 14.4. The van der Waals surface area contributed by atoms with Crippen molar-refractivity contribution in [1.29, 1.82) is 0 Å². The van der Waals surface area contributed by atoms with Crippen LogP contribution >= 0.6 is 0 Å². The van der Waals surface area contributed by atoms with Gasteiger partial charge in [-0.15, -0.1) is 0 Å². The lowest BCUT2D eigenvalue weighted by molar-refractivity contribution is -0.126. The number of nitrogens with zero attached hydrogens (tertiary/aromatic N) is 1. The Balaban J connectivity index is 2.12. The third-order valence-electron chi connectivity index (χ3n) is 3.12. The summed E-state index contributed by atoms with van der Waals surface area (Å²) in [6.45, 7) is 2.83. The van der Waals surface area contributed by atoms with Crippen molar-refractivity contribution in [3.05, 3.63) is 71.8 Å². The quantitative estimate of drug-likeness (QED) is 0.617. The van der Waals surface area contributed by atoms with Gasteiger partial charge in [-0.1, -0.05) is 60.7 Å². The molecule has 0 atom stereocenters. The number of ketones is 1. The number of likely N-dealkylation sites (N-methyl/N-ethyl adjacent to an activating group) is 1. The van der Waals surface area contributed by atoms with Crippen LogP contribution in [0.25, 0.3) is 0 Å². The molecule has 3 nitrogen and oxygen atoms in total. The van der Waals surface area contributed by atoms with Gasteiger partial charge in [-0.3, -0.25) is 9.59 Å². The second kappa shape index (κ2) is 6.66. The fourth-order valence-corrected chi connectivity index (χ4v) is 1.99. The summed E-state index contributed by atoms with van der Waals surface area (Å²) in [6.07, 6.45) is 0. The van der Waals surface area contributed by atoms with Crippen molar-refractivity contribution >= 4 is 11.7 Å². The van der Waals surface area contributed by atoms with Crippen LogP contribution in [0.5, 0.6) is 0 Å². The van der Waals surface area contributed by atoms with Crippen molar-refractivity contribution < 1.29 is 9.59 Å². The predicted octanol–water partition coefficient (Wildman–Crippen LogP) is 2.92. The molecule has 2 aromatic carbocycles. The number of carbonyl (C=O) groups excluding carboxylic acids is 2. The number of rotatable bonds is 5. The summed E-state index contributed by atoms with van der Waals surface area (Å²) in [4.78, 5) is 26.0.